The van der Waals surface area contributed by atoms with E-state index in [1.54, 1.807) is 6.07 Å². The van der Waals surface area contributed by atoms with Gasteiger partial charge in [-0.2, -0.15) is 0 Å². The van der Waals surface area contributed by atoms with Crippen LogP contribution >= 0.6 is 0 Å². The number of benzene rings is 1. The lowest BCUT2D eigenvalue weighted by Crippen LogP contribution is -2.18. The van der Waals surface area contributed by atoms with Gasteiger partial charge in [-0.05, 0) is 24.6 Å². The standard InChI is InChI=1S/C14H16F2N2O/c1-9(2)7-17-8-10-6-13(19-18-10)11-4-3-5-12(15)14(11)16/h3-6,9,17H,7-8H2,1-2H3. The van der Waals surface area contributed by atoms with E-state index in [1.807, 2.05) is 0 Å². The Labute approximate surface area is 110 Å². The first kappa shape index (κ1) is 13.7. The predicted molar refractivity (Wildman–Crippen MR) is 68.4 cm³/mol. The average molecular weight is 266 g/mol. The highest BCUT2D eigenvalue weighted by atomic mass is 19.2. The van der Waals surface area contributed by atoms with Crippen molar-refractivity contribution < 1.29 is 13.3 Å². The van der Waals surface area contributed by atoms with Crippen LogP contribution in [0.4, 0.5) is 8.78 Å². The van der Waals surface area contributed by atoms with Crippen molar-refractivity contribution in [2.45, 2.75) is 20.4 Å². The number of nitrogens with zero attached hydrogens (tertiary/aromatic N) is 1. The molecule has 5 heteroatoms. The summed E-state index contributed by atoms with van der Waals surface area (Å²) in [5.41, 5.74) is 0.752. The molecule has 1 heterocycles. The maximum Gasteiger partial charge on any atom is 0.170 e. The van der Waals surface area contributed by atoms with E-state index in [-0.39, 0.29) is 11.3 Å². The maximum absolute atomic E-state index is 13.6. The average Bonchev–Trinajstić information content (AvgIpc) is 2.81. The van der Waals surface area contributed by atoms with Crippen LogP contribution in [0.2, 0.25) is 0 Å². The predicted octanol–water partition coefficient (Wildman–Crippen LogP) is 3.37. The lowest BCUT2D eigenvalue weighted by molar-refractivity contribution is 0.414. The number of rotatable bonds is 5. The van der Waals surface area contributed by atoms with E-state index in [2.05, 4.69) is 24.3 Å². The molecule has 1 aromatic carbocycles. The van der Waals surface area contributed by atoms with E-state index in [9.17, 15) is 8.78 Å². The zero-order valence-corrected chi connectivity index (χ0v) is 10.9. The highest BCUT2D eigenvalue weighted by Gasteiger charge is 2.14. The normalized spacial score (nSPS) is 11.2. The fraction of sp³-hybridized carbons (Fsp3) is 0.357. The zero-order chi connectivity index (χ0) is 13.8. The monoisotopic (exact) mass is 266 g/mol. The first-order valence-corrected chi connectivity index (χ1v) is 6.18. The van der Waals surface area contributed by atoms with Gasteiger partial charge in [-0.25, -0.2) is 8.78 Å². The first-order chi connectivity index (χ1) is 9.08. The Morgan fingerprint density at radius 2 is 2.11 bits per heavy atom. The molecule has 3 nitrogen and oxygen atoms in total. The SMILES string of the molecule is CC(C)CNCc1cc(-c2cccc(F)c2F)on1. The van der Waals surface area contributed by atoms with Crippen LogP contribution in [-0.4, -0.2) is 11.7 Å². The van der Waals surface area contributed by atoms with E-state index < -0.39 is 11.6 Å². The second kappa shape index (κ2) is 5.93. The summed E-state index contributed by atoms with van der Waals surface area (Å²) in [5.74, 6) is -1.04. The minimum Gasteiger partial charge on any atom is -0.356 e. The molecule has 0 fully saturated rings. The van der Waals surface area contributed by atoms with Crippen molar-refractivity contribution in [3.8, 4) is 11.3 Å². The summed E-state index contributed by atoms with van der Waals surface area (Å²) >= 11 is 0. The van der Waals surface area contributed by atoms with Crippen LogP contribution in [0.3, 0.4) is 0 Å². The van der Waals surface area contributed by atoms with Crippen molar-refractivity contribution in [1.29, 1.82) is 0 Å². The molecule has 0 aliphatic rings. The second-order valence-corrected chi connectivity index (χ2v) is 4.81. The van der Waals surface area contributed by atoms with Crippen molar-refractivity contribution in [3.63, 3.8) is 0 Å². The van der Waals surface area contributed by atoms with Gasteiger partial charge in [0.25, 0.3) is 0 Å². The number of halogens is 2. The van der Waals surface area contributed by atoms with E-state index in [0.717, 1.165) is 12.6 Å². The van der Waals surface area contributed by atoms with Crippen LogP contribution in [0.5, 0.6) is 0 Å². The molecule has 0 bridgehead atoms. The molecule has 19 heavy (non-hydrogen) atoms. The number of aromatic nitrogens is 1. The Kier molecular flexibility index (Phi) is 4.27. The van der Waals surface area contributed by atoms with Crippen molar-refractivity contribution in [3.05, 3.63) is 41.6 Å². The van der Waals surface area contributed by atoms with Crippen LogP contribution in [0.25, 0.3) is 11.3 Å². The van der Waals surface area contributed by atoms with Crippen LogP contribution in [0, 0.1) is 17.6 Å². The quantitative estimate of drug-likeness (QED) is 0.901. The van der Waals surface area contributed by atoms with Crippen molar-refractivity contribution in [1.82, 2.24) is 10.5 Å². The number of nitrogens with one attached hydrogen (secondary N) is 1. The molecule has 0 aliphatic heterocycles. The molecule has 0 radical (unpaired) electrons. The summed E-state index contributed by atoms with van der Waals surface area (Å²) < 4.78 is 31.7. The van der Waals surface area contributed by atoms with Crippen LogP contribution in [0.15, 0.2) is 28.8 Å². The van der Waals surface area contributed by atoms with E-state index in [1.165, 1.54) is 12.1 Å². The summed E-state index contributed by atoms with van der Waals surface area (Å²) in [4.78, 5) is 0. The molecule has 0 atom stereocenters. The van der Waals surface area contributed by atoms with Gasteiger partial charge in [-0.1, -0.05) is 25.1 Å². The summed E-state index contributed by atoms with van der Waals surface area (Å²) in [6.45, 7) is 5.60. The van der Waals surface area contributed by atoms with Gasteiger partial charge in [-0.3, -0.25) is 0 Å². The van der Waals surface area contributed by atoms with Crippen molar-refractivity contribution in [2.75, 3.05) is 6.54 Å². The van der Waals surface area contributed by atoms with Crippen LogP contribution < -0.4 is 5.32 Å². The smallest absolute Gasteiger partial charge is 0.170 e. The van der Waals surface area contributed by atoms with Gasteiger partial charge >= 0.3 is 0 Å². The molecule has 102 valence electrons. The molecular weight excluding hydrogens is 250 g/mol. The van der Waals surface area contributed by atoms with Gasteiger partial charge < -0.3 is 9.84 Å². The van der Waals surface area contributed by atoms with E-state index in [4.69, 9.17) is 4.52 Å². The maximum atomic E-state index is 13.6. The Bertz CT molecular complexity index is 552. The summed E-state index contributed by atoms with van der Waals surface area (Å²) in [5, 5.41) is 7.04. The molecule has 0 unspecified atom stereocenters. The van der Waals surface area contributed by atoms with Gasteiger partial charge in [-0.15, -0.1) is 0 Å². The molecule has 0 aliphatic carbocycles. The van der Waals surface area contributed by atoms with Gasteiger partial charge in [0.15, 0.2) is 17.4 Å². The summed E-state index contributed by atoms with van der Waals surface area (Å²) in [6.07, 6.45) is 0. The molecule has 0 saturated carbocycles. The largest absolute Gasteiger partial charge is 0.356 e. The Hall–Kier alpha value is -1.75. The third kappa shape index (κ3) is 3.38. The molecule has 2 aromatic rings. The molecule has 0 spiro atoms. The number of hydrogen-bond acceptors (Lipinski definition) is 3. The van der Waals surface area contributed by atoms with E-state index in [0.29, 0.717) is 18.2 Å². The minimum absolute atomic E-state index is 0.0857. The summed E-state index contributed by atoms with van der Waals surface area (Å²) in [6, 6.07) is 5.59. The van der Waals surface area contributed by atoms with Crippen molar-refractivity contribution in [2.24, 2.45) is 5.92 Å². The Morgan fingerprint density at radius 3 is 2.84 bits per heavy atom. The molecule has 1 aromatic heterocycles. The van der Waals surface area contributed by atoms with Gasteiger partial charge in [0.05, 0.1) is 11.3 Å². The Balaban J connectivity index is 2.10. The second-order valence-electron chi connectivity index (χ2n) is 4.81. The molecular formula is C14H16F2N2O. The molecule has 1 N–H and O–H groups in total. The van der Waals surface area contributed by atoms with Crippen LogP contribution in [0.1, 0.15) is 19.5 Å². The van der Waals surface area contributed by atoms with Crippen molar-refractivity contribution >= 4 is 0 Å². The lowest BCUT2D eigenvalue weighted by Gasteiger charge is -2.04. The summed E-state index contributed by atoms with van der Waals surface area (Å²) in [7, 11) is 0. The molecule has 0 amide bonds. The highest BCUT2D eigenvalue weighted by Crippen LogP contribution is 2.24. The Morgan fingerprint density at radius 1 is 1.32 bits per heavy atom. The fourth-order valence-electron chi connectivity index (χ4n) is 1.71. The fourth-order valence-corrected chi connectivity index (χ4v) is 1.71. The third-order valence-corrected chi connectivity index (χ3v) is 2.63. The third-order valence-electron chi connectivity index (χ3n) is 2.63. The van der Waals surface area contributed by atoms with Gasteiger partial charge in [0.2, 0.25) is 0 Å². The first-order valence-electron chi connectivity index (χ1n) is 6.18. The highest BCUT2D eigenvalue weighted by molar-refractivity contribution is 5.58. The van der Waals surface area contributed by atoms with Gasteiger partial charge in [0, 0.05) is 12.6 Å². The van der Waals surface area contributed by atoms with Crippen LogP contribution in [-0.2, 0) is 6.54 Å². The van der Waals surface area contributed by atoms with Gasteiger partial charge in [0.1, 0.15) is 0 Å². The lowest BCUT2D eigenvalue weighted by atomic mass is 10.1. The minimum atomic E-state index is -0.916. The zero-order valence-electron chi connectivity index (χ0n) is 10.9. The van der Waals surface area contributed by atoms with E-state index >= 15 is 0 Å². The molecule has 0 saturated heterocycles. The number of hydrogen-bond donors (Lipinski definition) is 1. The topological polar surface area (TPSA) is 38.1 Å². The molecule has 2 rings (SSSR count).